The van der Waals surface area contributed by atoms with Crippen molar-refractivity contribution >= 4 is 18.3 Å². The molecule has 150 valence electrons. The second-order valence-corrected chi connectivity index (χ2v) is 9.85. The number of hydrogen-bond donors (Lipinski definition) is 1. The van der Waals surface area contributed by atoms with Crippen LogP contribution >= 0.6 is 0 Å². The fourth-order valence-electron chi connectivity index (χ4n) is 4.33. The van der Waals surface area contributed by atoms with E-state index in [-0.39, 0.29) is 29.8 Å². The Morgan fingerprint density at radius 3 is 2.11 bits per heavy atom. The third-order valence-corrected chi connectivity index (χ3v) is 6.71. The second-order valence-electron chi connectivity index (χ2n) is 9.85. The molecule has 4 nitrogen and oxygen atoms in total. The molecule has 0 aromatic heterocycles. The lowest BCUT2D eigenvalue weighted by Gasteiger charge is -2.37. The Morgan fingerprint density at radius 1 is 1.04 bits per heavy atom. The zero-order chi connectivity index (χ0) is 20.7. The number of nitrogens with zero attached hydrogens (tertiary/aromatic N) is 1. The molecule has 0 radical (unpaired) electrons. The van der Waals surface area contributed by atoms with Gasteiger partial charge in [0.25, 0.3) is 0 Å². The van der Waals surface area contributed by atoms with E-state index in [0.29, 0.717) is 0 Å². The summed E-state index contributed by atoms with van der Waals surface area (Å²) in [6.07, 6.45) is 3.41. The van der Waals surface area contributed by atoms with Crippen molar-refractivity contribution in [1.29, 1.82) is 5.26 Å². The average Bonchev–Trinajstić information content (AvgIpc) is 2.81. The van der Waals surface area contributed by atoms with Gasteiger partial charge in [-0.15, -0.1) is 0 Å². The molecule has 2 aliphatic rings. The highest BCUT2D eigenvalue weighted by Crippen LogP contribution is 2.42. The van der Waals surface area contributed by atoms with Gasteiger partial charge in [0.2, 0.25) is 0 Å². The molecule has 0 amide bonds. The van der Waals surface area contributed by atoms with E-state index in [4.69, 9.17) is 9.31 Å². The number of hydrogen-bond acceptors (Lipinski definition) is 4. The number of allylic oxidation sites excluding steroid dienone is 1. The van der Waals surface area contributed by atoms with Crippen molar-refractivity contribution in [3.05, 3.63) is 35.4 Å². The van der Waals surface area contributed by atoms with Crippen LogP contribution in [0.2, 0.25) is 0 Å². The van der Waals surface area contributed by atoms with Gasteiger partial charge in [0, 0.05) is 5.69 Å². The molecular weight excluding hydrogens is 347 g/mol. The Bertz CT molecular complexity index is 787. The molecule has 1 heterocycles. The molecule has 28 heavy (non-hydrogen) atoms. The Kier molecular flexibility index (Phi) is 5.42. The van der Waals surface area contributed by atoms with Crippen LogP contribution in [0.25, 0.3) is 0 Å². The maximum Gasteiger partial charge on any atom is 0.494 e. The fraction of sp³-hybridized carbons (Fsp3) is 0.609. The molecule has 1 fully saturated rings. The number of nitriles is 1. The predicted octanol–water partition coefficient (Wildman–Crippen LogP) is 4.82. The molecule has 1 atom stereocenters. The predicted molar refractivity (Wildman–Crippen MR) is 116 cm³/mol. The maximum absolute atomic E-state index is 9.85. The first-order chi connectivity index (χ1) is 13.0. The van der Waals surface area contributed by atoms with E-state index in [0.717, 1.165) is 24.0 Å². The van der Waals surface area contributed by atoms with Gasteiger partial charge < -0.3 is 14.6 Å². The van der Waals surface area contributed by atoms with E-state index in [1.165, 1.54) is 17.6 Å². The van der Waals surface area contributed by atoms with E-state index in [1.807, 2.05) is 24.3 Å². The number of rotatable bonds is 4. The lowest BCUT2D eigenvalue weighted by Crippen LogP contribution is -2.41. The van der Waals surface area contributed by atoms with Crippen molar-refractivity contribution in [3.8, 4) is 6.07 Å². The molecule has 1 N–H and O–H groups in total. The van der Waals surface area contributed by atoms with Crippen molar-refractivity contribution in [2.75, 3.05) is 5.32 Å². The van der Waals surface area contributed by atoms with Gasteiger partial charge in [-0.1, -0.05) is 31.6 Å². The van der Waals surface area contributed by atoms with E-state index < -0.39 is 0 Å². The monoisotopic (exact) mass is 380 g/mol. The third-order valence-electron chi connectivity index (χ3n) is 6.71. The highest BCUT2D eigenvalue weighted by molar-refractivity contribution is 6.62. The van der Waals surface area contributed by atoms with Gasteiger partial charge in [0.05, 0.1) is 17.3 Å². The van der Waals surface area contributed by atoms with E-state index in [9.17, 15) is 5.26 Å². The molecule has 1 saturated heterocycles. The largest absolute Gasteiger partial charge is 0.494 e. The minimum absolute atomic E-state index is 0.0539. The Balaban J connectivity index is 1.77. The summed E-state index contributed by atoms with van der Waals surface area (Å²) in [4.78, 5) is 0. The van der Waals surface area contributed by atoms with Crippen molar-refractivity contribution < 1.29 is 9.31 Å². The van der Waals surface area contributed by atoms with Gasteiger partial charge in [-0.2, -0.15) is 5.26 Å². The highest BCUT2D eigenvalue weighted by atomic mass is 16.7. The first-order valence-electron chi connectivity index (χ1n) is 10.3. The molecule has 3 rings (SSSR count). The van der Waals surface area contributed by atoms with Crippen LogP contribution in [-0.4, -0.2) is 24.4 Å². The van der Waals surface area contributed by atoms with Crippen LogP contribution < -0.4 is 10.8 Å². The van der Waals surface area contributed by atoms with Crippen LogP contribution in [0.1, 0.15) is 67.7 Å². The van der Waals surface area contributed by atoms with Gasteiger partial charge in [-0.25, -0.2) is 0 Å². The summed E-state index contributed by atoms with van der Waals surface area (Å²) in [6, 6.07) is 10.2. The minimum Gasteiger partial charge on any atom is -0.399 e. The number of anilines is 1. The van der Waals surface area contributed by atoms with Gasteiger partial charge in [0.1, 0.15) is 6.04 Å². The number of benzene rings is 1. The zero-order valence-corrected chi connectivity index (χ0v) is 18.3. The van der Waals surface area contributed by atoms with Crippen LogP contribution in [0.4, 0.5) is 5.69 Å². The Hall–Kier alpha value is -1.77. The molecule has 1 aliphatic carbocycles. The quantitative estimate of drug-likeness (QED) is 0.601. The summed E-state index contributed by atoms with van der Waals surface area (Å²) in [5.41, 5.74) is 3.88. The zero-order valence-electron chi connectivity index (χ0n) is 18.3. The van der Waals surface area contributed by atoms with E-state index in [1.54, 1.807) is 0 Å². The summed E-state index contributed by atoms with van der Waals surface area (Å²) in [5.74, 6) is 0. The molecule has 0 saturated carbocycles. The molecule has 5 heteroatoms. The molecule has 0 spiro atoms. The van der Waals surface area contributed by atoms with Crippen LogP contribution in [0, 0.1) is 16.7 Å². The summed E-state index contributed by atoms with van der Waals surface area (Å²) in [6.45, 7) is 14.9. The smallest absolute Gasteiger partial charge is 0.399 e. The van der Waals surface area contributed by atoms with Crippen LogP contribution in [0.15, 0.2) is 35.4 Å². The molecular formula is C23H33BN2O2. The maximum atomic E-state index is 9.85. The van der Waals surface area contributed by atoms with Crippen molar-refractivity contribution in [1.82, 2.24) is 0 Å². The van der Waals surface area contributed by atoms with Gasteiger partial charge in [0.15, 0.2) is 0 Å². The lowest BCUT2D eigenvalue weighted by atomic mass is 9.70. The Labute approximate surface area is 170 Å². The third kappa shape index (κ3) is 3.86. The first kappa shape index (κ1) is 21.0. The Morgan fingerprint density at radius 2 is 1.61 bits per heavy atom. The van der Waals surface area contributed by atoms with Gasteiger partial charge in [-0.05, 0) is 82.5 Å². The van der Waals surface area contributed by atoms with Crippen LogP contribution in [0.3, 0.4) is 0 Å². The fourth-order valence-corrected chi connectivity index (χ4v) is 4.33. The topological polar surface area (TPSA) is 54.3 Å². The minimum atomic E-state index is -0.368. The second kappa shape index (κ2) is 7.24. The van der Waals surface area contributed by atoms with Crippen LogP contribution in [-0.2, 0) is 9.31 Å². The first-order valence-corrected chi connectivity index (χ1v) is 10.3. The molecule has 1 unspecified atom stereocenters. The highest BCUT2D eigenvalue weighted by Gasteiger charge is 2.51. The normalized spacial score (nSPS) is 24.0. The summed E-state index contributed by atoms with van der Waals surface area (Å²) < 4.78 is 12.3. The summed E-state index contributed by atoms with van der Waals surface area (Å²) in [7, 11) is -0.368. The van der Waals surface area contributed by atoms with Crippen molar-refractivity contribution in [3.63, 3.8) is 0 Å². The summed E-state index contributed by atoms with van der Waals surface area (Å²) >= 11 is 0. The molecule has 1 aliphatic heterocycles. The van der Waals surface area contributed by atoms with E-state index >= 15 is 0 Å². The van der Waals surface area contributed by atoms with Crippen molar-refractivity contribution in [2.45, 2.75) is 85.0 Å². The average molecular weight is 380 g/mol. The molecule has 0 bridgehead atoms. The molecule has 1 aromatic carbocycles. The lowest BCUT2D eigenvalue weighted by molar-refractivity contribution is 0.00578. The van der Waals surface area contributed by atoms with Crippen LogP contribution in [0.5, 0.6) is 0 Å². The summed E-state index contributed by atoms with van der Waals surface area (Å²) in [5, 5.41) is 13.3. The van der Waals surface area contributed by atoms with Gasteiger partial charge in [-0.3, -0.25) is 0 Å². The van der Waals surface area contributed by atoms with Crippen molar-refractivity contribution in [2.24, 2.45) is 5.41 Å². The van der Waals surface area contributed by atoms with Gasteiger partial charge >= 0.3 is 7.12 Å². The molecule has 1 aromatic rings. The standard InChI is InChI=1S/C23H33BN2O2/c1-16-9-8-14-21(2,3)20(16)19(15-25)26-18-12-10-17(11-13-18)24-27-22(4,5)23(6,7)28-24/h10-13,19,26H,8-9,14H2,1-7H3. The van der Waals surface area contributed by atoms with E-state index in [2.05, 4.69) is 59.9 Å². The number of nitrogens with one attached hydrogen (secondary N) is 1. The SMILES string of the molecule is CC1=C(C(C#N)Nc2ccc(B3OC(C)(C)C(C)(C)O3)cc2)C(C)(C)CCC1.